The summed E-state index contributed by atoms with van der Waals surface area (Å²) in [5.41, 5.74) is 0.781. The highest BCUT2D eigenvalue weighted by molar-refractivity contribution is 7.91. The Morgan fingerprint density at radius 2 is 2.00 bits per heavy atom. The number of rotatable bonds is 6. The van der Waals surface area contributed by atoms with E-state index in [0.717, 1.165) is 5.56 Å². The van der Waals surface area contributed by atoms with Crippen LogP contribution in [0, 0.1) is 0 Å². The van der Waals surface area contributed by atoms with Gasteiger partial charge in [0.15, 0.2) is 0 Å². The first-order chi connectivity index (χ1) is 11.0. The molecule has 9 heteroatoms. The lowest BCUT2D eigenvalue weighted by Crippen LogP contribution is -2.25. The highest BCUT2D eigenvalue weighted by atomic mass is 35.5. The van der Waals surface area contributed by atoms with Crippen molar-refractivity contribution in [3.8, 4) is 11.4 Å². The Morgan fingerprint density at radius 3 is 2.70 bits per heavy atom. The third kappa shape index (κ3) is 3.97. The van der Waals surface area contributed by atoms with Gasteiger partial charge in [0.25, 0.3) is 0 Å². The summed E-state index contributed by atoms with van der Waals surface area (Å²) in [6.07, 6.45) is 0.311. The Bertz CT molecular complexity index is 874. The molecule has 2 aromatic heterocycles. The van der Waals surface area contributed by atoms with Gasteiger partial charge < -0.3 is 4.52 Å². The first kappa shape index (κ1) is 16.1. The fourth-order valence-electron chi connectivity index (χ4n) is 1.85. The summed E-state index contributed by atoms with van der Waals surface area (Å²) in [5.74, 6) is 0.807. The zero-order chi connectivity index (χ0) is 16.3. The van der Waals surface area contributed by atoms with E-state index >= 15 is 0 Å². The summed E-state index contributed by atoms with van der Waals surface area (Å²) in [4.78, 5) is 4.24. The van der Waals surface area contributed by atoms with E-state index < -0.39 is 10.0 Å². The molecule has 23 heavy (non-hydrogen) atoms. The molecule has 0 radical (unpaired) electrons. The number of nitrogens with zero attached hydrogens (tertiary/aromatic N) is 2. The first-order valence-corrected chi connectivity index (χ1v) is 9.40. The van der Waals surface area contributed by atoms with Crippen molar-refractivity contribution in [1.82, 2.24) is 14.9 Å². The van der Waals surface area contributed by atoms with Crippen molar-refractivity contribution in [3.05, 3.63) is 52.7 Å². The topological polar surface area (TPSA) is 85.1 Å². The minimum absolute atomic E-state index is 0.183. The van der Waals surface area contributed by atoms with Crippen molar-refractivity contribution >= 4 is 33.0 Å². The van der Waals surface area contributed by atoms with Crippen LogP contribution in [0.4, 0.5) is 0 Å². The van der Waals surface area contributed by atoms with Crippen molar-refractivity contribution in [2.45, 2.75) is 10.6 Å². The van der Waals surface area contributed by atoms with E-state index in [4.69, 9.17) is 16.1 Å². The van der Waals surface area contributed by atoms with Gasteiger partial charge in [-0.3, -0.25) is 0 Å². The van der Waals surface area contributed by atoms with E-state index in [0.29, 0.717) is 23.2 Å². The highest BCUT2D eigenvalue weighted by Crippen LogP contribution is 2.19. The molecule has 3 aromatic rings. The Kier molecular flexibility index (Phi) is 4.76. The number of thiophene rings is 1. The second-order valence-electron chi connectivity index (χ2n) is 4.60. The van der Waals surface area contributed by atoms with Gasteiger partial charge in [0.2, 0.25) is 21.7 Å². The summed E-state index contributed by atoms with van der Waals surface area (Å²) in [6, 6.07) is 10.3. The summed E-state index contributed by atoms with van der Waals surface area (Å²) >= 11 is 7.00. The Hall–Kier alpha value is -1.74. The van der Waals surface area contributed by atoms with Crippen LogP contribution in [-0.4, -0.2) is 25.1 Å². The normalized spacial score (nSPS) is 11.7. The fourth-order valence-corrected chi connectivity index (χ4v) is 4.05. The third-order valence-electron chi connectivity index (χ3n) is 2.96. The predicted molar refractivity (Wildman–Crippen MR) is 88.0 cm³/mol. The number of sulfonamides is 1. The average molecular weight is 370 g/mol. The van der Waals surface area contributed by atoms with Crippen molar-refractivity contribution in [1.29, 1.82) is 0 Å². The SMILES string of the molecule is O=S(=O)(NCCc1nc(-c2ccc(Cl)cc2)no1)c1cccs1. The number of nitrogens with one attached hydrogen (secondary N) is 1. The summed E-state index contributed by atoms with van der Waals surface area (Å²) in [7, 11) is -3.47. The van der Waals surface area contributed by atoms with Crippen LogP contribution in [0.5, 0.6) is 0 Å². The number of hydrogen-bond donors (Lipinski definition) is 1. The molecular weight excluding hydrogens is 358 g/mol. The van der Waals surface area contributed by atoms with E-state index in [9.17, 15) is 8.42 Å². The molecule has 0 saturated heterocycles. The summed E-state index contributed by atoms with van der Waals surface area (Å²) in [5, 5.41) is 6.22. The van der Waals surface area contributed by atoms with Gasteiger partial charge in [-0.2, -0.15) is 4.98 Å². The second kappa shape index (κ2) is 6.79. The molecule has 0 saturated carbocycles. The monoisotopic (exact) mass is 369 g/mol. The van der Waals surface area contributed by atoms with Crippen LogP contribution in [0.15, 0.2) is 50.5 Å². The predicted octanol–water partition coefficient (Wildman–Crippen LogP) is 2.97. The standard InChI is InChI=1S/C14H12ClN3O3S2/c15-11-5-3-10(4-6-11)14-17-12(21-18-14)7-8-16-23(19,20)13-2-1-9-22-13/h1-6,9,16H,7-8H2. The van der Waals surface area contributed by atoms with Crippen molar-refractivity contribution in [3.63, 3.8) is 0 Å². The van der Waals surface area contributed by atoms with Crippen LogP contribution < -0.4 is 4.72 Å². The molecule has 0 fully saturated rings. The number of halogens is 1. The van der Waals surface area contributed by atoms with E-state index in [1.54, 1.807) is 41.8 Å². The quantitative estimate of drug-likeness (QED) is 0.722. The maximum atomic E-state index is 12.0. The Balaban J connectivity index is 1.61. The molecule has 0 spiro atoms. The largest absolute Gasteiger partial charge is 0.339 e. The highest BCUT2D eigenvalue weighted by Gasteiger charge is 2.15. The van der Waals surface area contributed by atoms with Crippen LogP contribution in [0.2, 0.25) is 5.02 Å². The van der Waals surface area contributed by atoms with Gasteiger partial charge >= 0.3 is 0 Å². The molecule has 0 aliphatic rings. The number of hydrogen-bond acceptors (Lipinski definition) is 6. The van der Waals surface area contributed by atoms with Gasteiger partial charge in [0, 0.05) is 23.6 Å². The fraction of sp³-hybridized carbons (Fsp3) is 0.143. The van der Waals surface area contributed by atoms with Gasteiger partial charge in [-0.1, -0.05) is 22.8 Å². The van der Waals surface area contributed by atoms with Gasteiger partial charge in [0.1, 0.15) is 4.21 Å². The smallest absolute Gasteiger partial charge is 0.250 e. The Labute approximate surface area is 142 Å². The van der Waals surface area contributed by atoms with E-state index in [1.807, 2.05) is 0 Å². The van der Waals surface area contributed by atoms with E-state index in [2.05, 4.69) is 14.9 Å². The second-order valence-corrected chi connectivity index (χ2v) is 7.98. The van der Waals surface area contributed by atoms with E-state index in [-0.39, 0.29) is 10.8 Å². The molecule has 2 heterocycles. The number of aromatic nitrogens is 2. The Morgan fingerprint density at radius 1 is 1.22 bits per heavy atom. The zero-order valence-electron chi connectivity index (χ0n) is 11.8. The van der Waals surface area contributed by atoms with E-state index in [1.165, 1.54) is 11.3 Å². The van der Waals surface area contributed by atoms with Crippen molar-refractivity contribution in [2.75, 3.05) is 6.54 Å². The molecular formula is C14H12ClN3O3S2. The first-order valence-electron chi connectivity index (χ1n) is 6.66. The summed E-state index contributed by atoms with van der Waals surface area (Å²) in [6.45, 7) is 0.183. The third-order valence-corrected chi connectivity index (χ3v) is 6.07. The lowest BCUT2D eigenvalue weighted by molar-refractivity contribution is 0.379. The maximum absolute atomic E-state index is 12.0. The molecule has 6 nitrogen and oxygen atoms in total. The average Bonchev–Trinajstić information content (AvgIpc) is 3.19. The van der Waals surface area contributed by atoms with Crippen LogP contribution in [0.25, 0.3) is 11.4 Å². The van der Waals surface area contributed by atoms with Crippen molar-refractivity contribution in [2.24, 2.45) is 0 Å². The lowest BCUT2D eigenvalue weighted by Gasteiger charge is -2.02. The minimum Gasteiger partial charge on any atom is -0.339 e. The van der Waals surface area contributed by atoms with Crippen LogP contribution >= 0.6 is 22.9 Å². The molecule has 0 aliphatic carbocycles. The molecule has 0 atom stereocenters. The van der Waals surface area contributed by atoms with Crippen LogP contribution in [0.3, 0.4) is 0 Å². The molecule has 0 unspecified atom stereocenters. The van der Waals surface area contributed by atoms with Gasteiger partial charge in [-0.05, 0) is 35.7 Å². The minimum atomic E-state index is -3.47. The summed E-state index contributed by atoms with van der Waals surface area (Å²) < 4.78 is 31.8. The zero-order valence-corrected chi connectivity index (χ0v) is 14.2. The molecule has 0 aliphatic heterocycles. The van der Waals surface area contributed by atoms with Crippen LogP contribution in [0.1, 0.15) is 5.89 Å². The molecule has 0 amide bonds. The maximum Gasteiger partial charge on any atom is 0.250 e. The number of benzene rings is 1. The lowest BCUT2D eigenvalue weighted by atomic mass is 10.2. The molecule has 120 valence electrons. The van der Waals surface area contributed by atoms with Crippen LogP contribution in [-0.2, 0) is 16.4 Å². The van der Waals surface area contributed by atoms with Gasteiger partial charge in [-0.15, -0.1) is 11.3 Å². The molecule has 1 N–H and O–H groups in total. The molecule has 0 bridgehead atoms. The molecule has 3 rings (SSSR count). The van der Waals surface area contributed by atoms with Gasteiger partial charge in [0.05, 0.1) is 0 Å². The van der Waals surface area contributed by atoms with Crippen molar-refractivity contribution < 1.29 is 12.9 Å². The molecule has 1 aromatic carbocycles. The van der Waals surface area contributed by atoms with Gasteiger partial charge in [-0.25, -0.2) is 13.1 Å².